The maximum absolute atomic E-state index is 12.1. The SMILES string of the molecule is CCNC(=NCc1ccccc1-n1nc(C)cc1C)N1CCN(CC(=O)NC2CC2)CC1.I. The van der Waals surface area contributed by atoms with Gasteiger partial charge in [0.25, 0.3) is 0 Å². The van der Waals surface area contributed by atoms with E-state index < -0.39 is 0 Å². The molecule has 2 heterocycles. The summed E-state index contributed by atoms with van der Waals surface area (Å²) in [7, 11) is 0. The van der Waals surface area contributed by atoms with Crippen molar-refractivity contribution in [1.29, 1.82) is 0 Å². The summed E-state index contributed by atoms with van der Waals surface area (Å²) in [5.41, 5.74) is 4.35. The van der Waals surface area contributed by atoms with Crippen LogP contribution in [0.5, 0.6) is 0 Å². The highest BCUT2D eigenvalue weighted by Crippen LogP contribution is 2.19. The number of amides is 1. The van der Waals surface area contributed by atoms with Crippen LogP contribution in [0.3, 0.4) is 0 Å². The molecule has 0 radical (unpaired) electrons. The Morgan fingerprint density at radius 2 is 1.88 bits per heavy atom. The average Bonchev–Trinajstić information content (AvgIpc) is 3.53. The Balaban J connectivity index is 0.00000306. The Bertz CT molecular complexity index is 961. The van der Waals surface area contributed by atoms with Crippen LogP contribution in [0.1, 0.15) is 36.7 Å². The Morgan fingerprint density at radius 3 is 2.52 bits per heavy atom. The molecule has 0 spiro atoms. The normalized spacial score (nSPS) is 16.9. The number of rotatable bonds is 7. The Morgan fingerprint density at radius 1 is 1.15 bits per heavy atom. The molecular weight excluding hydrogens is 529 g/mol. The molecule has 8 nitrogen and oxygen atoms in total. The molecular formula is C24H36IN7O. The molecule has 0 bridgehead atoms. The number of aromatic nitrogens is 2. The van der Waals surface area contributed by atoms with Crippen molar-refractivity contribution in [3.8, 4) is 5.69 Å². The van der Waals surface area contributed by atoms with Gasteiger partial charge in [-0.3, -0.25) is 9.69 Å². The lowest BCUT2D eigenvalue weighted by molar-refractivity contribution is -0.122. The van der Waals surface area contributed by atoms with Crippen LogP contribution in [-0.4, -0.2) is 76.8 Å². The highest BCUT2D eigenvalue weighted by Gasteiger charge is 2.26. The molecule has 9 heteroatoms. The van der Waals surface area contributed by atoms with E-state index in [4.69, 9.17) is 4.99 Å². The summed E-state index contributed by atoms with van der Waals surface area (Å²) in [4.78, 5) is 21.6. The summed E-state index contributed by atoms with van der Waals surface area (Å²) < 4.78 is 2.00. The topological polar surface area (TPSA) is 77.8 Å². The highest BCUT2D eigenvalue weighted by molar-refractivity contribution is 14.0. The fraction of sp³-hybridized carbons (Fsp3) is 0.542. The maximum atomic E-state index is 12.1. The number of halogens is 1. The fourth-order valence-corrected chi connectivity index (χ4v) is 4.13. The molecule has 1 amide bonds. The molecule has 2 N–H and O–H groups in total. The predicted molar refractivity (Wildman–Crippen MR) is 142 cm³/mol. The van der Waals surface area contributed by atoms with E-state index in [2.05, 4.69) is 63.6 Å². The van der Waals surface area contributed by atoms with Crippen molar-refractivity contribution >= 4 is 35.8 Å². The van der Waals surface area contributed by atoms with Gasteiger partial charge < -0.3 is 15.5 Å². The van der Waals surface area contributed by atoms with E-state index in [-0.39, 0.29) is 29.9 Å². The van der Waals surface area contributed by atoms with Crippen LogP contribution in [0.4, 0.5) is 0 Å². The summed E-state index contributed by atoms with van der Waals surface area (Å²) in [6, 6.07) is 10.8. The third kappa shape index (κ3) is 6.92. The molecule has 180 valence electrons. The van der Waals surface area contributed by atoms with Crippen LogP contribution in [0.2, 0.25) is 0 Å². The second-order valence-corrected chi connectivity index (χ2v) is 8.74. The lowest BCUT2D eigenvalue weighted by atomic mass is 10.2. The molecule has 2 fully saturated rings. The van der Waals surface area contributed by atoms with Crippen LogP contribution < -0.4 is 10.6 Å². The molecule has 1 saturated carbocycles. The first-order chi connectivity index (χ1) is 15.5. The van der Waals surface area contributed by atoms with Gasteiger partial charge >= 0.3 is 0 Å². The van der Waals surface area contributed by atoms with Gasteiger partial charge in [0.2, 0.25) is 5.91 Å². The highest BCUT2D eigenvalue weighted by atomic mass is 127. The number of aryl methyl sites for hydroxylation is 2. The van der Waals surface area contributed by atoms with Crippen LogP contribution in [-0.2, 0) is 11.3 Å². The molecule has 2 aromatic rings. The number of carbonyl (C=O) groups excluding carboxylic acids is 1. The van der Waals surface area contributed by atoms with Crippen LogP contribution in [0.25, 0.3) is 5.69 Å². The monoisotopic (exact) mass is 565 g/mol. The van der Waals surface area contributed by atoms with E-state index in [0.29, 0.717) is 19.1 Å². The van der Waals surface area contributed by atoms with Gasteiger partial charge in [-0.1, -0.05) is 18.2 Å². The minimum atomic E-state index is 0. The van der Waals surface area contributed by atoms with Gasteiger partial charge in [-0.05, 0) is 51.3 Å². The summed E-state index contributed by atoms with van der Waals surface area (Å²) in [5.74, 6) is 1.08. The number of guanidine groups is 1. The van der Waals surface area contributed by atoms with Gasteiger partial charge in [-0.15, -0.1) is 24.0 Å². The van der Waals surface area contributed by atoms with Crippen molar-refractivity contribution in [2.75, 3.05) is 39.3 Å². The number of hydrogen-bond acceptors (Lipinski definition) is 4. The summed E-state index contributed by atoms with van der Waals surface area (Å²) in [6.45, 7) is 11.5. The number of nitrogens with one attached hydrogen (secondary N) is 2. The number of benzene rings is 1. The van der Waals surface area contributed by atoms with Gasteiger partial charge in [0, 0.05) is 44.5 Å². The summed E-state index contributed by atoms with van der Waals surface area (Å²) in [6.07, 6.45) is 2.26. The lowest BCUT2D eigenvalue weighted by Gasteiger charge is -2.36. The zero-order chi connectivity index (χ0) is 22.5. The number of para-hydroxylation sites is 1. The molecule has 1 aliphatic carbocycles. The third-order valence-electron chi connectivity index (χ3n) is 5.94. The van der Waals surface area contributed by atoms with Crippen molar-refractivity contribution in [2.45, 2.75) is 46.2 Å². The molecule has 1 aliphatic heterocycles. The predicted octanol–water partition coefficient (Wildman–Crippen LogP) is 2.47. The first-order valence-corrected chi connectivity index (χ1v) is 11.7. The number of nitrogens with zero attached hydrogens (tertiary/aromatic N) is 5. The van der Waals surface area contributed by atoms with Crippen molar-refractivity contribution < 1.29 is 4.79 Å². The van der Waals surface area contributed by atoms with E-state index in [1.165, 1.54) is 0 Å². The van der Waals surface area contributed by atoms with Crippen molar-refractivity contribution in [1.82, 2.24) is 30.2 Å². The largest absolute Gasteiger partial charge is 0.357 e. The van der Waals surface area contributed by atoms with E-state index in [9.17, 15) is 4.79 Å². The Hall–Kier alpha value is -2.14. The van der Waals surface area contributed by atoms with Crippen molar-refractivity contribution in [2.24, 2.45) is 4.99 Å². The minimum absolute atomic E-state index is 0. The van der Waals surface area contributed by atoms with Gasteiger partial charge in [0.1, 0.15) is 0 Å². The first kappa shape index (κ1) is 25.5. The molecule has 33 heavy (non-hydrogen) atoms. The zero-order valence-electron chi connectivity index (χ0n) is 19.9. The average molecular weight is 566 g/mol. The Kier molecular flexibility index (Phi) is 9.13. The molecule has 4 rings (SSSR count). The number of piperazine rings is 1. The summed E-state index contributed by atoms with van der Waals surface area (Å²) in [5, 5.41) is 11.2. The smallest absolute Gasteiger partial charge is 0.234 e. The van der Waals surface area contributed by atoms with Crippen molar-refractivity contribution in [3.05, 3.63) is 47.3 Å². The molecule has 1 saturated heterocycles. The number of carbonyl (C=O) groups is 1. The number of aliphatic imine (C=N–C) groups is 1. The van der Waals surface area contributed by atoms with Gasteiger partial charge in [-0.2, -0.15) is 5.10 Å². The van der Waals surface area contributed by atoms with E-state index >= 15 is 0 Å². The quantitative estimate of drug-likeness (QED) is 0.307. The van der Waals surface area contributed by atoms with E-state index in [1.54, 1.807) is 0 Å². The molecule has 1 aromatic carbocycles. The lowest BCUT2D eigenvalue weighted by Crippen LogP contribution is -2.54. The Labute approximate surface area is 213 Å². The van der Waals surface area contributed by atoms with Crippen molar-refractivity contribution in [3.63, 3.8) is 0 Å². The second-order valence-electron chi connectivity index (χ2n) is 8.74. The molecule has 1 aromatic heterocycles. The first-order valence-electron chi connectivity index (χ1n) is 11.7. The van der Waals surface area contributed by atoms with Gasteiger partial charge in [0.15, 0.2) is 5.96 Å². The maximum Gasteiger partial charge on any atom is 0.234 e. The van der Waals surface area contributed by atoms with Crippen LogP contribution in [0.15, 0.2) is 35.3 Å². The zero-order valence-corrected chi connectivity index (χ0v) is 22.2. The fourth-order valence-electron chi connectivity index (χ4n) is 4.13. The number of hydrogen-bond donors (Lipinski definition) is 2. The van der Waals surface area contributed by atoms with Gasteiger partial charge in [0.05, 0.1) is 24.5 Å². The second kappa shape index (κ2) is 11.8. The molecule has 0 atom stereocenters. The van der Waals surface area contributed by atoms with Crippen LogP contribution in [0, 0.1) is 13.8 Å². The van der Waals surface area contributed by atoms with E-state index in [1.807, 2.05) is 17.7 Å². The van der Waals surface area contributed by atoms with Crippen LogP contribution >= 0.6 is 24.0 Å². The van der Waals surface area contributed by atoms with E-state index in [0.717, 1.165) is 74.2 Å². The minimum Gasteiger partial charge on any atom is -0.357 e. The molecule has 2 aliphatic rings. The molecule has 0 unspecified atom stereocenters. The van der Waals surface area contributed by atoms with Gasteiger partial charge in [-0.25, -0.2) is 9.67 Å². The standard InChI is InChI=1S/C24H35N7O.HI/c1-4-25-24(30-13-11-29(12-14-30)17-23(32)27-21-9-10-21)26-16-20-7-5-6-8-22(20)31-19(3)15-18(2)28-31;/h5-8,15,21H,4,9-14,16-17H2,1-3H3,(H,25,26)(H,27,32);1H. The summed E-state index contributed by atoms with van der Waals surface area (Å²) >= 11 is 0. The third-order valence-corrected chi connectivity index (χ3v) is 5.94.